The van der Waals surface area contributed by atoms with Crippen molar-refractivity contribution >= 4 is 5.97 Å². The van der Waals surface area contributed by atoms with Crippen LogP contribution >= 0.6 is 0 Å². The summed E-state index contributed by atoms with van der Waals surface area (Å²) in [6.45, 7) is 1.66. The Morgan fingerprint density at radius 2 is 1.89 bits per heavy atom. The Bertz CT molecular complexity index is 635. The first-order valence-electron chi connectivity index (χ1n) is 5.70. The highest BCUT2D eigenvalue weighted by Crippen LogP contribution is 2.27. The number of carbonyl (C=O) groups is 1. The second kappa shape index (κ2) is 5.10. The van der Waals surface area contributed by atoms with Gasteiger partial charge in [0, 0.05) is 0 Å². The minimum atomic E-state index is -1.03. The zero-order valence-electron chi connectivity index (χ0n) is 10.6. The second-order valence-electron chi connectivity index (χ2n) is 4.22. The van der Waals surface area contributed by atoms with Gasteiger partial charge < -0.3 is 9.84 Å². The molecule has 4 heteroatoms. The lowest BCUT2D eigenvalue weighted by Gasteiger charge is -2.08. The fourth-order valence-corrected chi connectivity index (χ4v) is 1.83. The van der Waals surface area contributed by atoms with Gasteiger partial charge in [-0.2, -0.15) is 0 Å². The van der Waals surface area contributed by atoms with Crippen LogP contribution in [0.3, 0.4) is 0 Å². The molecule has 0 aliphatic heterocycles. The number of hydrogen-bond donors (Lipinski definition) is 1. The molecule has 2 aromatic rings. The van der Waals surface area contributed by atoms with Crippen molar-refractivity contribution in [1.29, 1.82) is 0 Å². The number of rotatable bonds is 3. The highest BCUT2D eigenvalue weighted by atomic mass is 19.1. The molecule has 0 saturated carbocycles. The average molecular weight is 260 g/mol. The van der Waals surface area contributed by atoms with Gasteiger partial charge in [0.05, 0.1) is 12.7 Å². The Morgan fingerprint density at radius 3 is 2.47 bits per heavy atom. The maximum absolute atomic E-state index is 13.2. The predicted molar refractivity (Wildman–Crippen MR) is 70.1 cm³/mol. The van der Waals surface area contributed by atoms with E-state index in [-0.39, 0.29) is 11.4 Å². The summed E-state index contributed by atoms with van der Waals surface area (Å²) in [6, 6.07) is 9.36. The maximum Gasteiger partial charge on any atom is 0.335 e. The van der Waals surface area contributed by atoms with Crippen LogP contribution in [-0.4, -0.2) is 18.2 Å². The van der Waals surface area contributed by atoms with Crippen molar-refractivity contribution in [2.75, 3.05) is 7.11 Å². The van der Waals surface area contributed by atoms with Crippen LogP contribution < -0.4 is 4.74 Å². The first kappa shape index (κ1) is 13.1. The molecular formula is C15H13FO3. The van der Waals surface area contributed by atoms with Gasteiger partial charge in [0.25, 0.3) is 0 Å². The summed E-state index contributed by atoms with van der Waals surface area (Å²) in [6.07, 6.45) is 0. The minimum Gasteiger partial charge on any atom is -0.497 e. The van der Waals surface area contributed by atoms with Gasteiger partial charge >= 0.3 is 5.97 Å². The summed E-state index contributed by atoms with van der Waals surface area (Å²) in [7, 11) is 1.47. The number of carboxylic acids is 1. The van der Waals surface area contributed by atoms with E-state index in [4.69, 9.17) is 9.84 Å². The minimum absolute atomic E-state index is 0.135. The summed E-state index contributed by atoms with van der Waals surface area (Å²) in [5, 5.41) is 9.06. The second-order valence-corrected chi connectivity index (χ2v) is 4.22. The molecule has 0 saturated heterocycles. The van der Waals surface area contributed by atoms with Crippen molar-refractivity contribution < 1.29 is 19.0 Å². The third kappa shape index (κ3) is 2.73. The van der Waals surface area contributed by atoms with E-state index in [1.54, 1.807) is 25.1 Å². The molecule has 0 fully saturated rings. The SMILES string of the molecule is COc1cc(C(=O)O)cc(-c2ccc(F)c(C)c2)c1. The Morgan fingerprint density at radius 1 is 1.16 bits per heavy atom. The molecule has 0 heterocycles. The molecule has 2 rings (SSSR count). The highest BCUT2D eigenvalue weighted by molar-refractivity contribution is 5.90. The van der Waals surface area contributed by atoms with Gasteiger partial charge in [-0.3, -0.25) is 0 Å². The summed E-state index contributed by atoms with van der Waals surface area (Å²) in [4.78, 5) is 11.1. The molecule has 0 unspecified atom stereocenters. The number of aryl methyl sites for hydroxylation is 1. The molecule has 0 spiro atoms. The molecule has 0 atom stereocenters. The van der Waals surface area contributed by atoms with E-state index in [0.717, 1.165) is 5.56 Å². The Labute approximate surface area is 110 Å². The molecule has 0 aliphatic carbocycles. The van der Waals surface area contributed by atoms with E-state index in [0.29, 0.717) is 16.9 Å². The monoisotopic (exact) mass is 260 g/mol. The topological polar surface area (TPSA) is 46.5 Å². The Kier molecular flexibility index (Phi) is 3.51. The predicted octanol–water partition coefficient (Wildman–Crippen LogP) is 3.51. The van der Waals surface area contributed by atoms with Crippen molar-refractivity contribution in [3.63, 3.8) is 0 Å². The van der Waals surface area contributed by atoms with Crippen LogP contribution in [0.2, 0.25) is 0 Å². The molecule has 19 heavy (non-hydrogen) atoms. The first-order valence-corrected chi connectivity index (χ1v) is 5.70. The molecule has 1 N–H and O–H groups in total. The lowest BCUT2D eigenvalue weighted by molar-refractivity contribution is 0.0696. The highest BCUT2D eigenvalue weighted by Gasteiger charge is 2.09. The van der Waals surface area contributed by atoms with E-state index in [1.807, 2.05) is 0 Å². The smallest absolute Gasteiger partial charge is 0.335 e. The van der Waals surface area contributed by atoms with Gasteiger partial charge in [0.2, 0.25) is 0 Å². The van der Waals surface area contributed by atoms with Crippen molar-refractivity contribution in [3.8, 4) is 16.9 Å². The number of methoxy groups -OCH3 is 1. The third-order valence-corrected chi connectivity index (χ3v) is 2.88. The van der Waals surface area contributed by atoms with Crippen molar-refractivity contribution in [1.82, 2.24) is 0 Å². The molecular weight excluding hydrogens is 247 g/mol. The number of hydrogen-bond acceptors (Lipinski definition) is 2. The normalized spacial score (nSPS) is 10.3. The number of benzene rings is 2. The Hall–Kier alpha value is -2.36. The first-order chi connectivity index (χ1) is 9.01. The summed E-state index contributed by atoms with van der Waals surface area (Å²) < 4.78 is 18.3. The summed E-state index contributed by atoms with van der Waals surface area (Å²) in [5.74, 6) is -0.860. The third-order valence-electron chi connectivity index (χ3n) is 2.88. The van der Waals surface area contributed by atoms with Crippen LogP contribution in [0, 0.1) is 12.7 Å². The van der Waals surface area contributed by atoms with Crippen molar-refractivity contribution in [2.24, 2.45) is 0 Å². The van der Waals surface area contributed by atoms with Gasteiger partial charge in [-0.05, 0) is 53.9 Å². The lowest BCUT2D eigenvalue weighted by atomic mass is 10.0. The van der Waals surface area contributed by atoms with Crippen LogP contribution in [0.1, 0.15) is 15.9 Å². The number of carboxylic acid groups (broad SMARTS) is 1. The van der Waals surface area contributed by atoms with E-state index in [9.17, 15) is 9.18 Å². The fourth-order valence-electron chi connectivity index (χ4n) is 1.83. The zero-order chi connectivity index (χ0) is 14.0. The maximum atomic E-state index is 13.2. The molecule has 2 aromatic carbocycles. The van der Waals surface area contributed by atoms with Gasteiger partial charge in [0.15, 0.2) is 0 Å². The molecule has 0 bridgehead atoms. The largest absolute Gasteiger partial charge is 0.497 e. The van der Waals surface area contributed by atoms with Gasteiger partial charge in [-0.1, -0.05) is 6.07 Å². The Balaban J connectivity index is 2.57. The number of halogens is 1. The molecule has 3 nitrogen and oxygen atoms in total. The van der Waals surface area contributed by atoms with Crippen molar-refractivity contribution in [3.05, 3.63) is 53.3 Å². The average Bonchev–Trinajstić information content (AvgIpc) is 2.41. The van der Waals surface area contributed by atoms with Crippen LogP contribution in [0.4, 0.5) is 4.39 Å². The van der Waals surface area contributed by atoms with E-state index < -0.39 is 5.97 Å². The van der Waals surface area contributed by atoms with Crippen molar-refractivity contribution in [2.45, 2.75) is 6.92 Å². The quantitative estimate of drug-likeness (QED) is 0.918. The standard InChI is InChI=1S/C15H13FO3/c1-9-5-10(3-4-14(9)16)11-6-12(15(17)18)8-13(7-11)19-2/h3-8H,1-2H3,(H,17,18). The van der Waals surface area contributed by atoms with Crippen LogP contribution in [-0.2, 0) is 0 Å². The molecule has 0 aromatic heterocycles. The van der Waals surface area contributed by atoms with Crippen LogP contribution in [0.15, 0.2) is 36.4 Å². The summed E-state index contributed by atoms with van der Waals surface area (Å²) in [5.41, 5.74) is 2.08. The van der Waals surface area contributed by atoms with E-state index in [1.165, 1.54) is 25.3 Å². The molecule has 98 valence electrons. The van der Waals surface area contributed by atoms with E-state index >= 15 is 0 Å². The van der Waals surface area contributed by atoms with Gasteiger partial charge in [-0.25, -0.2) is 9.18 Å². The van der Waals surface area contributed by atoms with Crippen LogP contribution in [0.25, 0.3) is 11.1 Å². The molecule has 0 aliphatic rings. The summed E-state index contributed by atoms with van der Waals surface area (Å²) >= 11 is 0. The fraction of sp³-hybridized carbons (Fsp3) is 0.133. The van der Waals surface area contributed by atoms with E-state index in [2.05, 4.69) is 0 Å². The molecule has 0 amide bonds. The van der Waals surface area contributed by atoms with Gasteiger partial charge in [-0.15, -0.1) is 0 Å². The number of aromatic carboxylic acids is 1. The lowest BCUT2D eigenvalue weighted by Crippen LogP contribution is -1.98. The molecule has 0 radical (unpaired) electrons. The van der Waals surface area contributed by atoms with Crippen LogP contribution in [0.5, 0.6) is 5.75 Å². The number of ether oxygens (including phenoxy) is 1. The zero-order valence-corrected chi connectivity index (χ0v) is 10.6. The van der Waals surface area contributed by atoms with Gasteiger partial charge in [0.1, 0.15) is 11.6 Å².